The molecule has 0 saturated carbocycles. The highest BCUT2D eigenvalue weighted by Gasteiger charge is 2.40. The van der Waals surface area contributed by atoms with Crippen molar-refractivity contribution < 1.29 is 23.8 Å². The Labute approximate surface area is 197 Å². The largest absolute Gasteiger partial charge is 0.493 e. The van der Waals surface area contributed by atoms with Crippen LogP contribution in [0.3, 0.4) is 0 Å². The number of carbonyl (C=O) groups is 2. The number of hydrogen-bond donors (Lipinski definition) is 0. The maximum Gasteiger partial charge on any atom is 0.414 e. The summed E-state index contributed by atoms with van der Waals surface area (Å²) < 4.78 is 17.3. The van der Waals surface area contributed by atoms with Gasteiger partial charge < -0.3 is 14.2 Å². The molecule has 0 spiro atoms. The highest BCUT2D eigenvalue weighted by molar-refractivity contribution is 6.30. The molecule has 2 unspecified atom stereocenters. The van der Waals surface area contributed by atoms with Crippen molar-refractivity contribution in [2.75, 3.05) is 25.7 Å². The minimum atomic E-state index is -0.581. The van der Waals surface area contributed by atoms with E-state index in [-0.39, 0.29) is 25.1 Å². The third-order valence-electron chi connectivity index (χ3n) is 5.40. The van der Waals surface area contributed by atoms with E-state index in [2.05, 4.69) is 0 Å². The van der Waals surface area contributed by atoms with Crippen molar-refractivity contribution in [3.05, 3.63) is 52.5 Å². The zero-order chi connectivity index (χ0) is 23.4. The number of ether oxygens (including phenoxy) is 3. The van der Waals surface area contributed by atoms with E-state index in [1.54, 1.807) is 42.2 Å². The quantitative estimate of drug-likeness (QED) is 0.519. The van der Waals surface area contributed by atoms with Crippen molar-refractivity contribution in [3.63, 3.8) is 0 Å². The first-order valence-corrected chi connectivity index (χ1v) is 11.0. The van der Waals surface area contributed by atoms with Gasteiger partial charge in [-0.15, -0.1) is 0 Å². The second-order valence-corrected chi connectivity index (χ2v) is 8.31. The lowest BCUT2D eigenvalue weighted by atomic mass is 9.85. The van der Waals surface area contributed by atoms with Crippen LogP contribution in [0.4, 0.5) is 10.5 Å². The Morgan fingerprint density at radius 3 is 2.47 bits per heavy atom. The van der Waals surface area contributed by atoms with E-state index in [9.17, 15) is 9.59 Å². The molecule has 7 nitrogen and oxygen atoms in total. The fraction of sp³-hybridized carbons (Fsp3) is 0.391. The van der Waals surface area contributed by atoms with Gasteiger partial charge in [0.25, 0.3) is 0 Å². The summed E-state index contributed by atoms with van der Waals surface area (Å²) in [6, 6.07) is 10.3. The van der Waals surface area contributed by atoms with Crippen molar-refractivity contribution in [3.8, 4) is 11.5 Å². The molecule has 0 aliphatic carbocycles. The fourth-order valence-electron chi connectivity index (χ4n) is 3.93. The molecule has 0 fully saturated rings. The minimum Gasteiger partial charge on any atom is -0.493 e. The molecule has 9 heteroatoms. The van der Waals surface area contributed by atoms with Crippen LogP contribution in [-0.4, -0.2) is 43.3 Å². The monoisotopic (exact) mass is 480 g/mol. The average molecular weight is 481 g/mol. The Kier molecular flexibility index (Phi) is 7.74. The van der Waals surface area contributed by atoms with Crippen molar-refractivity contribution in [2.24, 2.45) is 0 Å². The van der Waals surface area contributed by atoms with E-state index in [1.807, 2.05) is 13.0 Å². The number of rotatable bonds is 6. The van der Waals surface area contributed by atoms with Crippen molar-refractivity contribution in [1.82, 2.24) is 4.42 Å². The van der Waals surface area contributed by atoms with Gasteiger partial charge in [0.15, 0.2) is 11.5 Å². The topological polar surface area (TPSA) is 68.3 Å². The molecule has 2 aromatic rings. The number of carbonyl (C=O) groups excluding carboxylic acids is 2. The van der Waals surface area contributed by atoms with Crippen LogP contribution >= 0.6 is 23.4 Å². The average Bonchev–Trinajstić information content (AvgIpc) is 2.77. The van der Waals surface area contributed by atoms with Crippen molar-refractivity contribution in [2.45, 2.75) is 38.8 Å². The summed E-state index contributed by atoms with van der Waals surface area (Å²) in [7, 11) is 3.03. The molecule has 1 heterocycles. The Morgan fingerprint density at radius 2 is 1.84 bits per heavy atom. The Balaban J connectivity index is 2.00. The van der Waals surface area contributed by atoms with Crippen LogP contribution in [0.25, 0.3) is 0 Å². The number of hydrogen-bond acceptors (Lipinski definition) is 5. The second kappa shape index (κ2) is 10.3. The van der Waals surface area contributed by atoms with E-state index in [0.717, 1.165) is 9.98 Å². The van der Waals surface area contributed by atoms with E-state index < -0.39 is 12.0 Å². The zero-order valence-electron chi connectivity index (χ0n) is 18.4. The van der Waals surface area contributed by atoms with Crippen LogP contribution in [0.1, 0.15) is 37.3 Å². The molecule has 2 amide bonds. The summed E-state index contributed by atoms with van der Waals surface area (Å²) in [4.78, 5) is 27.7. The maximum atomic E-state index is 13.4. The lowest BCUT2D eigenvalue weighted by molar-refractivity contribution is -0.128. The van der Waals surface area contributed by atoms with Crippen LogP contribution in [0.2, 0.25) is 5.02 Å². The molecule has 1 aliphatic heterocycles. The summed E-state index contributed by atoms with van der Waals surface area (Å²) in [5.41, 5.74) is 1.96. The first-order chi connectivity index (χ1) is 15.3. The molecule has 0 N–H and O–H groups in total. The summed E-state index contributed by atoms with van der Waals surface area (Å²) in [5, 5.41) is 0.568. The molecular weight excluding hydrogens is 455 g/mol. The number of benzene rings is 2. The van der Waals surface area contributed by atoms with Gasteiger partial charge in [-0.25, -0.2) is 9.21 Å². The predicted molar refractivity (Wildman–Crippen MR) is 124 cm³/mol. The lowest BCUT2D eigenvalue weighted by Crippen LogP contribution is -2.46. The maximum absolute atomic E-state index is 13.4. The molecule has 0 bridgehead atoms. The van der Waals surface area contributed by atoms with Gasteiger partial charge >= 0.3 is 6.09 Å². The first-order valence-electron chi connectivity index (χ1n) is 10.2. The Bertz CT molecular complexity index is 1000. The number of methoxy groups -OCH3 is 2. The standard InChI is InChI=1S/C23H26Cl2N2O5/c1-5-32-23(29)27-14(2)9-18(17-11-20(30-3)21(31-4)12-19(17)27)22(28)26(25)13-15-7-6-8-16(24)10-15/h6-8,10-12,14,18H,5,9,13H2,1-4H3. The minimum absolute atomic E-state index is 0.191. The molecule has 1 aliphatic rings. The summed E-state index contributed by atoms with van der Waals surface area (Å²) in [6.45, 7) is 4.04. The van der Waals surface area contributed by atoms with Gasteiger partial charge in [0.1, 0.15) is 0 Å². The Hall–Kier alpha value is -2.64. The van der Waals surface area contributed by atoms with Crippen LogP contribution in [0, 0.1) is 0 Å². The number of anilines is 1. The predicted octanol–water partition coefficient (Wildman–Crippen LogP) is 5.38. The summed E-state index contributed by atoms with van der Waals surface area (Å²) in [6.07, 6.45) is -0.111. The van der Waals surface area contributed by atoms with Crippen LogP contribution in [0.15, 0.2) is 36.4 Å². The van der Waals surface area contributed by atoms with Gasteiger partial charge in [-0.05, 0) is 49.6 Å². The van der Waals surface area contributed by atoms with Crippen molar-refractivity contribution in [1.29, 1.82) is 0 Å². The molecular formula is C23H26Cl2N2O5. The van der Waals surface area contributed by atoms with Crippen LogP contribution in [0.5, 0.6) is 11.5 Å². The van der Waals surface area contributed by atoms with Crippen LogP contribution < -0.4 is 14.4 Å². The lowest BCUT2D eigenvalue weighted by Gasteiger charge is -2.39. The smallest absolute Gasteiger partial charge is 0.414 e. The number of halogens is 2. The molecule has 2 aromatic carbocycles. The summed E-state index contributed by atoms with van der Waals surface area (Å²) >= 11 is 12.5. The van der Waals surface area contributed by atoms with E-state index in [1.165, 1.54) is 14.2 Å². The molecule has 3 rings (SSSR count). The van der Waals surface area contributed by atoms with E-state index >= 15 is 0 Å². The van der Waals surface area contributed by atoms with Gasteiger partial charge in [-0.2, -0.15) is 0 Å². The van der Waals surface area contributed by atoms with Gasteiger partial charge in [-0.1, -0.05) is 23.7 Å². The van der Waals surface area contributed by atoms with E-state index in [4.69, 9.17) is 37.6 Å². The Morgan fingerprint density at radius 1 is 1.16 bits per heavy atom. The first kappa shape index (κ1) is 24.0. The van der Waals surface area contributed by atoms with Gasteiger partial charge in [0.2, 0.25) is 5.91 Å². The normalized spacial score (nSPS) is 17.4. The number of nitrogens with zero attached hydrogens (tertiary/aromatic N) is 2. The molecule has 0 radical (unpaired) electrons. The van der Waals surface area contributed by atoms with Gasteiger partial charge in [-0.3, -0.25) is 9.69 Å². The summed E-state index contributed by atoms with van der Waals surface area (Å²) in [5.74, 6) is 0.0403. The number of amides is 2. The van der Waals surface area contributed by atoms with E-state index in [0.29, 0.717) is 34.2 Å². The SMILES string of the molecule is CCOC(=O)N1c2cc(OC)c(OC)cc2C(C(=O)N(Cl)Cc2cccc(Cl)c2)CC1C. The molecule has 2 atom stereocenters. The highest BCUT2D eigenvalue weighted by atomic mass is 35.5. The zero-order valence-corrected chi connectivity index (χ0v) is 19.9. The molecule has 0 saturated heterocycles. The molecule has 172 valence electrons. The molecule has 32 heavy (non-hydrogen) atoms. The van der Waals surface area contributed by atoms with Crippen LogP contribution in [-0.2, 0) is 16.1 Å². The fourth-order valence-corrected chi connectivity index (χ4v) is 4.40. The van der Waals surface area contributed by atoms with Gasteiger partial charge in [0, 0.05) is 28.9 Å². The van der Waals surface area contributed by atoms with Gasteiger partial charge in [0.05, 0.1) is 39.0 Å². The second-order valence-electron chi connectivity index (χ2n) is 7.46. The third-order valence-corrected chi connectivity index (χ3v) is 5.92. The number of fused-ring (bicyclic) bond motifs is 1. The van der Waals surface area contributed by atoms with Crippen molar-refractivity contribution >= 4 is 41.1 Å². The highest BCUT2D eigenvalue weighted by Crippen LogP contribution is 2.45. The molecule has 0 aromatic heterocycles. The third kappa shape index (κ3) is 4.89.